The molecule has 0 unspecified atom stereocenters. The summed E-state index contributed by atoms with van der Waals surface area (Å²) in [4.78, 5) is 24.4. The van der Waals surface area contributed by atoms with Crippen LogP contribution in [0.15, 0.2) is 54.6 Å². The predicted octanol–water partition coefficient (Wildman–Crippen LogP) is 4.17. The van der Waals surface area contributed by atoms with E-state index in [-0.39, 0.29) is 0 Å². The molecule has 1 N–H and O–H groups in total. The van der Waals surface area contributed by atoms with Crippen LogP contribution in [0.2, 0.25) is 0 Å². The molecule has 5 rings (SSSR count). The van der Waals surface area contributed by atoms with Crippen molar-refractivity contribution in [3.63, 3.8) is 0 Å². The maximum atomic E-state index is 12.3. The quantitative estimate of drug-likeness (QED) is 0.768. The molecule has 2 bridgehead atoms. The first kappa shape index (κ1) is 20.2. The van der Waals surface area contributed by atoms with E-state index >= 15 is 0 Å². The lowest BCUT2D eigenvalue weighted by atomic mass is 9.68. The standard InChI is InChI=1S/C23H25NO6/c1-24(21(27)28-15-20(25)26)22-10-12-23(13-11-22,29-16-22)17-6-5-9-19(14-17)30-18-7-3-2-4-8-18/h2-9,14H,10-13,15-16H2,1H3,(H,25,26). The van der Waals surface area contributed by atoms with Gasteiger partial charge in [0, 0.05) is 7.05 Å². The molecule has 0 spiro atoms. The van der Waals surface area contributed by atoms with Crippen molar-refractivity contribution in [2.24, 2.45) is 0 Å². The Kier molecular flexibility index (Phi) is 5.39. The second-order valence-corrected chi connectivity index (χ2v) is 7.96. The third kappa shape index (κ3) is 3.85. The Morgan fingerprint density at radius 3 is 2.37 bits per heavy atom. The zero-order valence-corrected chi connectivity index (χ0v) is 16.9. The summed E-state index contributed by atoms with van der Waals surface area (Å²) in [5.41, 5.74) is 0.208. The number of ether oxygens (including phenoxy) is 3. The number of benzene rings is 2. The van der Waals surface area contributed by atoms with Crippen molar-refractivity contribution in [1.29, 1.82) is 0 Å². The van der Waals surface area contributed by atoms with Crippen molar-refractivity contribution >= 4 is 12.1 Å². The van der Waals surface area contributed by atoms with Crippen molar-refractivity contribution < 1.29 is 28.9 Å². The number of aliphatic carboxylic acids is 1. The van der Waals surface area contributed by atoms with E-state index in [1.807, 2.05) is 48.5 Å². The van der Waals surface area contributed by atoms with Crippen LogP contribution in [-0.2, 0) is 19.9 Å². The minimum Gasteiger partial charge on any atom is -0.479 e. The number of carboxylic acids is 1. The molecule has 0 radical (unpaired) electrons. The van der Waals surface area contributed by atoms with Crippen molar-refractivity contribution in [3.8, 4) is 11.5 Å². The summed E-state index contributed by atoms with van der Waals surface area (Å²) in [5, 5.41) is 8.73. The lowest BCUT2D eigenvalue weighted by Crippen LogP contribution is -2.62. The number of fused-ring (bicyclic) bond motifs is 3. The Hall–Kier alpha value is -3.06. The van der Waals surface area contributed by atoms with Gasteiger partial charge in [0.05, 0.1) is 17.7 Å². The zero-order chi connectivity index (χ0) is 21.2. The largest absolute Gasteiger partial charge is 0.479 e. The van der Waals surface area contributed by atoms with Gasteiger partial charge in [0.15, 0.2) is 6.61 Å². The molecule has 2 aliphatic heterocycles. The average Bonchev–Trinajstić information content (AvgIpc) is 2.79. The normalized spacial score (nSPS) is 24.8. The summed E-state index contributed by atoms with van der Waals surface area (Å²) in [6.07, 6.45) is 2.41. The van der Waals surface area contributed by atoms with Crippen LogP contribution >= 0.6 is 0 Å². The SMILES string of the molecule is CN(C(=O)OCC(=O)O)C12CCC(c3cccc(Oc4ccccc4)c3)(CC1)OC2. The van der Waals surface area contributed by atoms with Gasteiger partial charge in [-0.3, -0.25) is 0 Å². The molecular formula is C23H25NO6. The maximum Gasteiger partial charge on any atom is 0.410 e. The number of hydrogen-bond acceptors (Lipinski definition) is 5. The fraction of sp³-hybridized carbons (Fsp3) is 0.391. The summed E-state index contributed by atoms with van der Waals surface area (Å²) in [6, 6.07) is 17.6. The highest BCUT2D eigenvalue weighted by atomic mass is 16.6. The number of carboxylic acid groups (broad SMARTS) is 1. The highest BCUT2D eigenvalue weighted by molar-refractivity contribution is 5.74. The van der Waals surface area contributed by atoms with E-state index in [2.05, 4.69) is 6.07 Å². The fourth-order valence-corrected chi connectivity index (χ4v) is 4.37. The van der Waals surface area contributed by atoms with Crippen molar-refractivity contribution in [1.82, 2.24) is 4.90 Å². The van der Waals surface area contributed by atoms with Gasteiger partial charge in [-0.2, -0.15) is 0 Å². The van der Waals surface area contributed by atoms with Gasteiger partial charge in [-0.25, -0.2) is 9.59 Å². The monoisotopic (exact) mass is 411 g/mol. The van der Waals surface area contributed by atoms with Gasteiger partial charge in [0.2, 0.25) is 0 Å². The Morgan fingerprint density at radius 2 is 1.73 bits per heavy atom. The molecule has 0 atom stereocenters. The number of carbonyl (C=O) groups is 2. The summed E-state index contributed by atoms with van der Waals surface area (Å²) >= 11 is 0. The van der Waals surface area contributed by atoms with Crippen LogP contribution in [0.4, 0.5) is 4.79 Å². The van der Waals surface area contributed by atoms with Crippen LogP contribution in [0, 0.1) is 0 Å². The van der Waals surface area contributed by atoms with Gasteiger partial charge >= 0.3 is 12.1 Å². The second-order valence-electron chi connectivity index (χ2n) is 7.96. The molecule has 0 aromatic heterocycles. The number of para-hydroxylation sites is 1. The maximum absolute atomic E-state index is 12.3. The first-order chi connectivity index (χ1) is 14.4. The molecule has 158 valence electrons. The van der Waals surface area contributed by atoms with Gasteiger partial charge in [0.1, 0.15) is 11.5 Å². The van der Waals surface area contributed by atoms with Gasteiger partial charge in [-0.1, -0.05) is 30.3 Å². The number of carbonyl (C=O) groups excluding carboxylic acids is 1. The Labute approximate surface area is 175 Å². The van der Waals surface area contributed by atoms with Crippen LogP contribution in [0.5, 0.6) is 11.5 Å². The summed E-state index contributed by atoms with van der Waals surface area (Å²) in [7, 11) is 1.65. The second kappa shape index (κ2) is 7.99. The van der Waals surface area contributed by atoms with E-state index < -0.39 is 29.8 Å². The third-order valence-corrected chi connectivity index (χ3v) is 6.25. The van der Waals surface area contributed by atoms with Gasteiger partial charge in [-0.15, -0.1) is 0 Å². The average molecular weight is 411 g/mol. The molecule has 3 fully saturated rings. The third-order valence-electron chi connectivity index (χ3n) is 6.25. The molecule has 7 heteroatoms. The molecule has 1 amide bonds. The number of amides is 1. The van der Waals surface area contributed by atoms with E-state index in [1.54, 1.807) is 7.05 Å². The van der Waals surface area contributed by atoms with Crippen LogP contribution in [0.25, 0.3) is 0 Å². The highest BCUT2D eigenvalue weighted by Gasteiger charge is 2.53. The zero-order valence-electron chi connectivity index (χ0n) is 16.9. The lowest BCUT2D eigenvalue weighted by molar-refractivity contribution is -0.190. The number of nitrogens with zero attached hydrogens (tertiary/aromatic N) is 1. The van der Waals surface area contributed by atoms with Crippen LogP contribution in [0.3, 0.4) is 0 Å². The van der Waals surface area contributed by atoms with Gasteiger partial charge < -0.3 is 24.2 Å². The van der Waals surface area contributed by atoms with Gasteiger partial charge in [0.25, 0.3) is 0 Å². The summed E-state index contributed by atoms with van der Waals surface area (Å²) in [5.74, 6) is 0.365. The van der Waals surface area contributed by atoms with E-state index in [9.17, 15) is 9.59 Å². The van der Waals surface area contributed by atoms with Crippen LogP contribution in [-0.4, -0.2) is 47.9 Å². The van der Waals surface area contributed by atoms with Crippen molar-refractivity contribution in [3.05, 3.63) is 60.2 Å². The topological polar surface area (TPSA) is 85.3 Å². The molecule has 1 aliphatic carbocycles. The number of hydrogen-bond donors (Lipinski definition) is 1. The highest BCUT2D eigenvalue weighted by Crippen LogP contribution is 2.51. The Balaban J connectivity index is 1.46. The molecule has 2 aromatic rings. The minimum atomic E-state index is -1.17. The van der Waals surface area contributed by atoms with Gasteiger partial charge in [-0.05, 0) is 55.5 Å². The first-order valence-corrected chi connectivity index (χ1v) is 10.0. The van der Waals surface area contributed by atoms with Crippen LogP contribution < -0.4 is 4.74 Å². The molecule has 2 saturated heterocycles. The Morgan fingerprint density at radius 1 is 1.03 bits per heavy atom. The van der Waals surface area contributed by atoms with E-state index in [1.165, 1.54) is 4.90 Å². The summed E-state index contributed by atoms with van der Waals surface area (Å²) in [6.45, 7) is -0.256. The predicted molar refractivity (Wildman–Crippen MR) is 109 cm³/mol. The van der Waals surface area contributed by atoms with Crippen molar-refractivity contribution in [2.75, 3.05) is 20.3 Å². The fourth-order valence-electron chi connectivity index (χ4n) is 4.37. The van der Waals surface area contributed by atoms with Crippen LogP contribution in [0.1, 0.15) is 31.2 Å². The van der Waals surface area contributed by atoms with E-state index in [4.69, 9.17) is 19.3 Å². The molecule has 30 heavy (non-hydrogen) atoms. The number of likely N-dealkylation sites (N-methyl/N-ethyl adjacent to an activating group) is 1. The Bertz CT molecular complexity index is 904. The molecule has 1 saturated carbocycles. The molecule has 3 aliphatic rings. The molecular weight excluding hydrogens is 386 g/mol. The molecule has 2 aromatic carbocycles. The summed E-state index contributed by atoms with van der Waals surface area (Å²) < 4.78 is 17.2. The van der Waals surface area contributed by atoms with E-state index in [0.29, 0.717) is 6.61 Å². The molecule has 7 nitrogen and oxygen atoms in total. The smallest absolute Gasteiger partial charge is 0.410 e. The number of rotatable bonds is 6. The van der Waals surface area contributed by atoms with Crippen molar-refractivity contribution in [2.45, 2.75) is 36.8 Å². The minimum absolute atomic E-state index is 0.384. The molecule has 2 heterocycles. The lowest BCUT2D eigenvalue weighted by Gasteiger charge is -2.56. The van der Waals surface area contributed by atoms with E-state index in [0.717, 1.165) is 42.7 Å². The first-order valence-electron chi connectivity index (χ1n) is 10.0.